The van der Waals surface area contributed by atoms with Gasteiger partial charge in [-0.3, -0.25) is 0 Å². The Hall–Kier alpha value is -7.23. The number of benzene rings is 3. The van der Waals surface area contributed by atoms with Gasteiger partial charge in [0.05, 0.1) is 18.6 Å². The Morgan fingerprint density at radius 2 is 0.824 bits per heavy atom. The molecular weight excluding hydrogens is 1410 g/mol. The number of sulfone groups is 1. The SMILES string of the molecule is C.C.CC(C)c1cnn2c(NCc3ccccc3-c3cccs3)nc(S(C)(=O)=O)nc12.CC(C)c1cnn2c(NCc3ccccc3-c3cccs3)nc(SC3CCCCC3)nc12.CC(C)c1cnn2c(NCc3ccccc3-c3cccs3)nc(SC3CCNCC3)nc12.SC1CCCCC1. The molecule has 1 aliphatic heterocycles. The van der Waals surface area contributed by atoms with Crippen LogP contribution >= 0.6 is 70.2 Å². The molecule has 9 aromatic heterocycles. The van der Waals surface area contributed by atoms with Gasteiger partial charge < -0.3 is 21.3 Å². The Balaban J connectivity index is 0.000000155. The van der Waals surface area contributed by atoms with Crippen LogP contribution in [0.5, 0.6) is 0 Å². The fourth-order valence-corrected chi connectivity index (χ4v) is 17.9. The maximum absolute atomic E-state index is 12.1. The molecule has 3 fully saturated rings. The number of hydrogen-bond donors (Lipinski definition) is 5. The number of aromatic nitrogens is 12. The third kappa shape index (κ3) is 19.8. The van der Waals surface area contributed by atoms with E-state index in [1.54, 1.807) is 56.5 Å². The van der Waals surface area contributed by atoms with E-state index in [9.17, 15) is 8.42 Å². The molecule has 10 heterocycles. The smallest absolute Gasteiger partial charge is 0.252 e. The van der Waals surface area contributed by atoms with E-state index < -0.39 is 9.84 Å². The molecule has 2 aliphatic carbocycles. The summed E-state index contributed by atoms with van der Waals surface area (Å²) in [6.45, 7) is 16.7. The van der Waals surface area contributed by atoms with E-state index in [0.29, 0.717) is 53.6 Å². The summed E-state index contributed by atoms with van der Waals surface area (Å²) in [5.74, 6) is 2.74. The number of anilines is 3. The number of nitrogens with zero attached hydrogens (tertiary/aromatic N) is 12. The number of fused-ring (bicyclic) bond motifs is 3. The van der Waals surface area contributed by atoms with Gasteiger partial charge in [0, 0.05) is 73.0 Å². The minimum absolute atomic E-state index is 0. The number of hydrogen-bond acceptors (Lipinski definition) is 21. The Morgan fingerprint density at radius 3 is 1.17 bits per heavy atom. The van der Waals surface area contributed by atoms with Gasteiger partial charge in [0.25, 0.3) is 5.16 Å². The van der Waals surface area contributed by atoms with Crippen molar-refractivity contribution in [2.24, 2.45) is 0 Å². The molecule has 0 atom stereocenters. The summed E-state index contributed by atoms with van der Waals surface area (Å²) in [4.78, 5) is 31.9. The standard InChI is InChI=1S/C25H29N5S2.C24H28N6S2.C20H21N5O2S2.C6H12S.2CH4/c1-17(2)21-16-27-30-23(21)28-25(32-19-10-4-3-5-11-19)29-24(30)26-15-18-9-6-7-12-20(18)22-13-8-14-31-22;1-16(2)20-15-27-30-22(20)28-24(32-18-9-11-25-12-10-18)29-23(30)26-14-17-6-3-4-7-19(17)21-8-5-13-31-21;1-13(2)16-12-22-25-18(16)23-20(29(3,26)27)24-19(25)21-11-14-7-4-5-8-15(14)17-9-6-10-28-17;7-6-4-2-1-3-5-6;;/h6-9,12-14,16-17,19H,3-5,10-11,15H2,1-2H3,(H,26,28,29);3-8,13,15-16,18,25H,9-12,14H2,1-2H3,(H,26,28,29);4-10,12-13H,11H2,1-3H3,(H,21,23,24);6-7H,1-5H2;2*1H4. The lowest BCUT2D eigenvalue weighted by Crippen LogP contribution is -2.29. The molecular formula is C77H98N16O2S7. The molecule has 0 spiro atoms. The highest BCUT2D eigenvalue weighted by atomic mass is 32.2. The number of rotatable bonds is 20. The summed E-state index contributed by atoms with van der Waals surface area (Å²) < 4.78 is 29.6. The van der Waals surface area contributed by atoms with Crippen molar-refractivity contribution in [2.45, 2.75) is 202 Å². The van der Waals surface area contributed by atoms with Gasteiger partial charge in [-0.25, -0.2) is 18.4 Å². The first kappa shape index (κ1) is 77.4. The summed E-state index contributed by atoms with van der Waals surface area (Å²) in [6.07, 6.45) is 22.4. The molecule has 18 nitrogen and oxygen atoms in total. The second kappa shape index (κ2) is 37.0. The van der Waals surface area contributed by atoms with Crippen LogP contribution in [0, 0.1) is 0 Å². The van der Waals surface area contributed by atoms with E-state index in [0.717, 1.165) is 93.2 Å². The Bertz CT molecular complexity index is 4500. The van der Waals surface area contributed by atoms with Gasteiger partial charge in [0.15, 0.2) is 27.3 Å². The fourth-order valence-electron chi connectivity index (χ4n) is 12.5. The van der Waals surface area contributed by atoms with Crippen molar-refractivity contribution in [3.05, 3.63) is 177 Å². The van der Waals surface area contributed by atoms with E-state index >= 15 is 0 Å². The van der Waals surface area contributed by atoms with Crippen LogP contribution in [0.3, 0.4) is 0 Å². The maximum atomic E-state index is 12.1. The van der Waals surface area contributed by atoms with Crippen LogP contribution in [0.1, 0.15) is 185 Å². The van der Waals surface area contributed by atoms with E-state index in [2.05, 4.69) is 183 Å². The first-order chi connectivity index (χ1) is 48.6. The average molecular weight is 1500 g/mol. The van der Waals surface area contributed by atoms with Crippen molar-refractivity contribution in [1.29, 1.82) is 0 Å². The van der Waals surface area contributed by atoms with Gasteiger partial charge in [-0.1, -0.05) is 209 Å². The van der Waals surface area contributed by atoms with E-state index in [-0.39, 0.29) is 25.9 Å². The van der Waals surface area contributed by atoms with Gasteiger partial charge in [0.2, 0.25) is 27.7 Å². The number of thiophene rings is 3. The van der Waals surface area contributed by atoms with Crippen molar-refractivity contribution < 1.29 is 8.42 Å². The van der Waals surface area contributed by atoms with E-state index in [1.165, 1.54) is 107 Å². The van der Waals surface area contributed by atoms with Crippen molar-refractivity contribution in [3.8, 4) is 31.3 Å². The average Bonchev–Trinajstić information content (AvgIpc) is 1.61. The van der Waals surface area contributed by atoms with Crippen molar-refractivity contribution in [2.75, 3.05) is 35.3 Å². The van der Waals surface area contributed by atoms with Gasteiger partial charge in [0.1, 0.15) is 0 Å². The van der Waals surface area contributed by atoms with Gasteiger partial charge >= 0.3 is 0 Å². The van der Waals surface area contributed by atoms with Crippen molar-refractivity contribution >= 4 is 115 Å². The number of thiol groups is 1. The molecule has 0 bridgehead atoms. The Labute approximate surface area is 628 Å². The Kier molecular flexibility index (Phi) is 28.0. The summed E-state index contributed by atoms with van der Waals surface area (Å²) >= 11 is 13.2. The molecule has 15 rings (SSSR count). The topological polar surface area (TPSA) is 212 Å². The molecule has 0 radical (unpaired) electrons. The largest absolute Gasteiger partial charge is 0.350 e. The van der Waals surface area contributed by atoms with Crippen LogP contribution in [0.15, 0.2) is 159 Å². The minimum atomic E-state index is -3.57. The second-order valence-electron chi connectivity index (χ2n) is 26.4. The molecule has 2 saturated carbocycles. The maximum Gasteiger partial charge on any atom is 0.252 e. The summed E-state index contributed by atoms with van der Waals surface area (Å²) in [5, 5.41) is 37.2. The number of nitrogens with one attached hydrogen (secondary N) is 4. The molecule has 25 heteroatoms. The normalized spacial score (nSPS) is 14.5. The predicted molar refractivity (Wildman–Crippen MR) is 433 cm³/mol. The third-order valence-electron chi connectivity index (χ3n) is 18.0. The number of piperidine rings is 1. The second-order valence-corrected chi connectivity index (χ2v) is 34.5. The molecule has 102 heavy (non-hydrogen) atoms. The van der Waals surface area contributed by atoms with E-state index in [1.807, 2.05) is 76.7 Å². The molecule has 0 amide bonds. The van der Waals surface area contributed by atoms with Crippen LogP contribution in [-0.2, 0) is 29.5 Å². The van der Waals surface area contributed by atoms with Gasteiger partial charge in [-0.15, -0.1) is 34.0 Å². The lowest BCUT2D eigenvalue weighted by molar-refractivity contribution is 0.515. The van der Waals surface area contributed by atoms with Crippen LogP contribution in [0.4, 0.5) is 17.8 Å². The lowest BCUT2D eigenvalue weighted by Gasteiger charge is -2.21. The number of thioether (sulfide) groups is 2. The lowest BCUT2D eigenvalue weighted by atomic mass is 10.0. The molecule has 0 unspecified atom stereocenters. The molecule has 3 aromatic carbocycles. The zero-order valence-corrected chi connectivity index (χ0v) is 63.7. The van der Waals surface area contributed by atoms with E-state index in [4.69, 9.17) is 19.9 Å². The minimum Gasteiger partial charge on any atom is -0.350 e. The van der Waals surface area contributed by atoms with Crippen molar-refractivity contribution in [3.63, 3.8) is 0 Å². The fraction of sp³-hybridized carbons (Fsp3) is 0.416. The monoisotopic (exact) mass is 1500 g/mol. The summed E-state index contributed by atoms with van der Waals surface area (Å²) in [7, 11) is -3.57. The predicted octanol–water partition coefficient (Wildman–Crippen LogP) is 20.0. The zero-order chi connectivity index (χ0) is 69.5. The molecule has 4 N–H and O–H groups in total. The molecule has 3 aliphatic rings. The Morgan fingerprint density at radius 1 is 0.471 bits per heavy atom. The molecule has 12 aromatic rings. The van der Waals surface area contributed by atoms with Crippen molar-refractivity contribution in [1.82, 2.24) is 64.1 Å². The first-order valence-electron chi connectivity index (χ1n) is 34.9. The summed E-state index contributed by atoms with van der Waals surface area (Å²) in [6, 6.07) is 37.9. The zero-order valence-electron chi connectivity index (χ0n) is 57.9. The quantitative estimate of drug-likeness (QED) is 0.0449. The highest BCUT2D eigenvalue weighted by molar-refractivity contribution is 8.00. The summed E-state index contributed by atoms with van der Waals surface area (Å²) in [5.41, 5.74) is 12.7. The highest BCUT2D eigenvalue weighted by Gasteiger charge is 2.25. The van der Waals surface area contributed by atoms with Crippen LogP contribution in [0.2, 0.25) is 0 Å². The molecule has 540 valence electrons. The first-order valence-corrected chi connectivity index (χ1v) is 41.7. The van der Waals surface area contributed by atoms with Gasteiger partial charge in [-0.2, -0.15) is 61.4 Å². The van der Waals surface area contributed by atoms with Gasteiger partial charge in [-0.05, 0) is 137 Å². The molecule has 1 saturated heterocycles. The highest BCUT2D eigenvalue weighted by Crippen LogP contribution is 2.37. The third-order valence-corrected chi connectivity index (χ3v) is 24.5. The van der Waals surface area contributed by atoms with Crippen LogP contribution in [0.25, 0.3) is 48.3 Å². The van der Waals surface area contributed by atoms with Crippen LogP contribution < -0.4 is 21.3 Å². The van der Waals surface area contributed by atoms with Crippen LogP contribution in [-0.4, -0.2) is 102 Å².